The van der Waals surface area contributed by atoms with Crippen molar-refractivity contribution in [2.45, 2.75) is 25.4 Å². The number of hydrogen-bond donors (Lipinski definition) is 2. The van der Waals surface area contributed by atoms with Crippen molar-refractivity contribution < 1.29 is 23.1 Å². The Balaban J connectivity index is 1.88. The van der Waals surface area contributed by atoms with Gasteiger partial charge in [0.2, 0.25) is 0 Å². The van der Waals surface area contributed by atoms with Gasteiger partial charge in [0.1, 0.15) is 11.4 Å². The molecule has 1 aliphatic heterocycles. The molecule has 1 atom stereocenters. The summed E-state index contributed by atoms with van der Waals surface area (Å²) in [6.45, 7) is 2.01. The number of carbonyl (C=O) groups excluding carboxylic acids is 1. The first-order valence-electron chi connectivity index (χ1n) is 7.31. The number of aliphatic hydroxyl groups excluding tert-OH is 1. The predicted octanol–water partition coefficient (Wildman–Crippen LogP) is 1.68. The van der Waals surface area contributed by atoms with Crippen molar-refractivity contribution in [2.75, 3.05) is 26.2 Å². The Hall–Kier alpha value is -1.60. The molecule has 1 saturated heterocycles. The van der Waals surface area contributed by atoms with Crippen molar-refractivity contribution >= 4 is 5.91 Å². The molecule has 4 nitrogen and oxygen atoms in total. The molecule has 0 aromatic heterocycles. The lowest BCUT2D eigenvalue weighted by atomic mass is 10.1. The third-order valence-electron chi connectivity index (χ3n) is 3.69. The van der Waals surface area contributed by atoms with Crippen molar-refractivity contribution in [2.24, 2.45) is 0 Å². The van der Waals surface area contributed by atoms with Crippen molar-refractivity contribution in [3.8, 4) is 0 Å². The Labute approximate surface area is 126 Å². The van der Waals surface area contributed by atoms with Crippen LogP contribution in [0.4, 0.5) is 13.2 Å². The van der Waals surface area contributed by atoms with E-state index in [4.69, 9.17) is 0 Å². The highest BCUT2D eigenvalue weighted by molar-refractivity contribution is 5.94. The number of nitrogens with zero attached hydrogens (tertiary/aromatic N) is 1. The Morgan fingerprint density at radius 1 is 1.18 bits per heavy atom. The van der Waals surface area contributed by atoms with E-state index in [1.54, 1.807) is 0 Å². The molecule has 7 heteroatoms. The van der Waals surface area contributed by atoms with E-state index in [1.807, 2.05) is 0 Å². The number of amides is 1. The van der Waals surface area contributed by atoms with Gasteiger partial charge >= 0.3 is 0 Å². The van der Waals surface area contributed by atoms with E-state index in [0.29, 0.717) is 18.7 Å². The Morgan fingerprint density at radius 3 is 2.50 bits per heavy atom. The summed E-state index contributed by atoms with van der Waals surface area (Å²) in [6.07, 6.45) is 2.46. The van der Waals surface area contributed by atoms with Crippen LogP contribution in [0.5, 0.6) is 0 Å². The first-order chi connectivity index (χ1) is 10.5. The van der Waals surface area contributed by atoms with Crippen molar-refractivity contribution in [1.29, 1.82) is 0 Å². The zero-order valence-corrected chi connectivity index (χ0v) is 12.1. The van der Waals surface area contributed by atoms with Crippen LogP contribution in [0.3, 0.4) is 0 Å². The van der Waals surface area contributed by atoms with Gasteiger partial charge in [-0.25, -0.2) is 13.2 Å². The molecule has 22 heavy (non-hydrogen) atoms. The largest absolute Gasteiger partial charge is 0.390 e. The maximum Gasteiger partial charge on any atom is 0.257 e. The second-order valence-corrected chi connectivity index (χ2v) is 5.44. The van der Waals surface area contributed by atoms with Gasteiger partial charge in [0, 0.05) is 13.1 Å². The second-order valence-electron chi connectivity index (χ2n) is 5.44. The molecule has 122 valence electrons. The molecular weight excluding hydrogens is 297 g/mol. The fraction of sp³-hybridized carbons (Fsp3) is 0.533. The summed E-state index contributed by atoms with van der Waals surface area (Å²) in [4.78, 5) is 13.8. The van der Waals surface area contributed by atoms with E-state index in [2.05, 4.69) is 10.2 Å². The summed E-state index contributed by atoms with van der Waals surface area (Å²) in [7, 11) is 0. The summed E-state index contributed by atoms with van der Waals surface area (Å²) >= 11 is 0. The molecule has 0 aliphatic carbocycles. The molecule has 2 rings (SSSR count). The Morgan fingerprint density at radius 2 is 1.82 bits per heavy atom. The van der Waals surface area contributed by atoms with Gasteiger partial charge in [0.15, 0.2) is 11.6 Å². The third kappa shape index (κ3) is 4.20. The molecule has 1 fully saturated rings. The Kier molecular flexibility index (Phi) is 5.79. The Bertz CT molecular complexity index is 534. The van der Waals surface area contributed by atoms with Crippen LogP contribution in [0.15, 0.2) is 12.1 Å². The standard InChI is InChI=1S/C15H19F3N2O2/c16-11-4-5-12(17)14(18)13(11)15(22)19-8-10(21)9-20-6-2-1-3-7-20/h4-5,10,21H,1-3,6-9H2,(H,19,22)/t10-/m1/s1. The van der Waals surface area contributed by atoms with E-state index < -0.39 is 35.0 Å². The van der Waals surface area contributed by atoms with Crippen LogP contribution < -0.4 is 5.32 Å². The molecule has 0 spiro atoms. The van der Waals surface area contributed by atoms with Crippen LogP contribution in [0, 0.1) is 17.5 Å². The second kappa shape index (κ2) is 7.60. The first-order valence-corrected chi connectivity index (χ1v) is 7.31. The van der Waals surface area contributed by atoms with E-state index in [-0.39, 0.29) is 6.54 Å². The highest BCUT2D eigenvalue weighted by atomic mass is 19.2. The maximum atomic E-state index is 13.5. The van der Waals surface area contributed by atoms with Crippen molar-refractivity contribution in [3.63, 3.8) is 0 Å². The van der Waals surface area contributed by atoms with Crippen LogP contribution in [0.2, 0.25) is 0 Å². The van der Waals surface area contributed by atoms with Crippen LogP contribution >= 0.6 is 0 Å². The number of nitrogens with one attached hydrogen (secondary N) is 1. The lowest BCUT2D eigenvalue weighted by molar-refractivity contribution is 0.0824. The zero-order valence-electron chi connectivity index (χ0n) is 12.1. The number of β-amino-alcohol motifs (C(OH)–C–C–N with tert-alkyl or cyclic N) is 1. The fourth-order valence-corrected chi connectivity index (χ4v) is 2.54. The number of likely N-dealkylation sites (tertiary alicyclic amines) is 1. The SMILES string of the molecule is O=C(NC[C@@H](O)CN1CCCCC1)c1c(F)ccc(F)c1F. The number of rotatable bonds is 5. The third-order valence-corrected chi connectivity index (χ3v) is 3.69. The van der Waals surface area contributed by atoms with Crippen molar-refractivity contribution in [3.05, 3.63) is 35.1 Å². The number of piperidine rings is 1. The maximum absolute atomic E-state index is 13.5. The number of aliphatic hydroxyl groups is 1. The number of carbonyl (C=O) groups is 1. The fourth-order valence-electron chi connectivity index (χ4n) is 2.54. The van der Waals surface area contributed by atoms with Crippen LogP contribution in [0.1, 0.15) is 29.6 Å². The lowest BCUT2D eigenvalue weighted by Gasteiger charge is -2.28. The van der Waals surface area contributed by atoms with E-state index >= 15 is 0 Å². The van der Waals surface area contributed by atoms with E-state index in [9.17, 15) is 23.1 Å². The first kappa shape index (κ1) is 16.8. The van der Waals surface area contributed by atoms with Gasteiger partial charge in [0.25, 0.3) is 5.91 Å². The van der Waals surface area contributed by atoms with Crippen molar-refractivity contribution in [1.82, 2.24) is 10.2 Å². The van der Waals surface area contributed by atoms with Gasteiger partial charge in [-0.15, -0.1) is 0 Å². The van der Waals surface area contributed by atoms with Crippen LogP contribution in [0.25, 0.3) is 0 Å². The number of halogens is 3. The minimum absolute atomic E-state index is 0.148. The summed E-state index contributed by atoms with van der Waals surface area (Å²) in [5, 5.41) is 12.1. The molecular formula is C15H19F3N2O2. The summed E-state index contributed by atoms with van der Waals surface area (Å²) < 4.78 is 40.0. The number of hydrogen-bond acceptors (Lipinski definition) is 3. The molecule has 0 radical (unpaired) electrons. The molecule has 1 aromatic rings. The zero-order chi connectivity index (χ0) is 16.1. The minimum Gasteiger partial charge on any atom is -0.390 e. The molecule has 0 bridgehead atoms. The highest BCUT2D eigenvalue weighted by Crippen LogP contribution is 2.15. The lowest BCUT2D eigenvalue weighted by Crippen LogP contribution is -2.42. The smallest absolute Gasteiger partial charge is 0.257 e. The summed E-state index contributed by atoms with van der Waals surface area (Å²) in [6, 6.07) is 1.31. The topological polar surface area (TPSA) is 52.6 Å². The normalized spacial score (nSPS) is 17.3. The molecule has 1 aliphatic rings. The van der Waals surface area contributed by atoms with Gasteiger partial charge in [-0.1, -0.05) is 6.42 Å². The van der Waals surface area contributed by atoms with Gasteiger partial charge in [-0.3, -0.25) is 4.79 Å². The molecule has 0 unspecified atom stereocenters. The highest BCUT2D eigenvalue weighted by Gasteiger charge is 2.22. The number of benzene rings is 1. The molecule has 0 saturated carbocycles. The van der Waals surface area contributed by atoms with Crippen LogP contribution in [-0.2, 0) is 0 Å². The summed E-state index contributed by atoms with van der Waals surface area (Å²) in [5.74, 6) is -5.03. The van der Waals surface area contributed by atoms with Gasteiger partial charge in [0.05, 0.1) is 6.10 Å². The van der Waals surface area contributed by atoms with E-state index in [0.717, 1.165) is 25.9 Å². The van der Waals surface area contributed by atoms with Gasteiger partial charge in [-0.2, -0.15) is 0 Å². The average Bonchev–Trinajstić information content (AvgIpc) is 2.50. The average molecular weight is 316 g/mol. The quantitative estimate of drug-likeness (QED) is 0.813. The van der Waals surface area contributed by atoms with Gasteiger partial charge in [-0.05, 0) is 38.1 Å². The van der Waals surface area contributed by atoms with Gasteiger partial charge < -0.3 is 15.3 Å². The van der Waals surface area contributed by atoms with E-state index in [1.165, 1.54) is 6.42 Å². The van der Waals surface area contributed by atoms with Crippen LogP contribution in [-0.4, -0.2) is 48.2 Å². The molecule has 1 aromatic carbocycles. The molecule has 2 N–H and O–H groups in total. The monoisotopic (exact) mass is 316 g/mol. The predicted molar refractivity (Wildman–Crippen MR) is 74.9 cm³/mol. The minimum atomic E-state index is -1.52. The molecule has 1 amide bonds. The molecule has 1 heterocycles. The summed E-state index contributed by atoms with van der Waals surface area (Å²) in [5.41, 5.74) is -0.967.